The van der Waals surface area contributed by atoms with Gasteiger partial charge in [-0.2, -0.15) is 0 Å². The maximum absolute atomic E-state index is 11.4. The average molecular weight is 223 g/mol. The number of carboxylic acid groups (broad SMARTS) is 1. The van der Waals surface area contributed by atoms with Gasteiger partial charge in [0.05, 0.1) is 11.8 Å². The fourth-order valence-electron chi connectivity index (χ4n) is 1.09. The van der Waals surface area contributed by atoms with Crippen molar-refractivity contribution in [2.45, 2.75) is 12.8 Å². The van der Waals surface area contributed by atoms with Gasteiger partial charge in [-0.1, -0.05) is 0 Å². The van der Waals surface area contributed by atoms with Gasteiger partial charge in [-0.3, -0.25) is 9.78 Å². The van der Waals surface area contributed by atoms with E-state index < -0.39 is 11.9 Å². The monoisotopic (exact) mass is 223 g/mol. The molecule has 0 aliphatic carbocycles. The van der Waals surface area contributed by atoms with Crippen LogP contribution in [0.1, 0.15) is 23.2 Å². The zero-order valence-electron chi connectivity index (χ0n) is 8.47. The van der Waals surface area contributed by atoms with Crippen LogP contribution in [0, 0.1) is 0 Å². The van der Waals surface area contributed by atoms with Gasteiger partial charge in [-0.25, -0.2) is 0 Å². The van der Waals surface area contributed by atoms with Crippen LogP contribution in [0.15, 0.2) is 18.5 Å². The summed E-state index contributed by atoms with van der Waals surface area (Å²) in [5.41, 5.74) is 0.230. The Morgan fingerprint density at radius 2 is 2.19 bits per heavy atom. The quantitative estimate of drug-likeness (QED) is 0.626. The Bertz CT molecular complexity index is 392. The SMILES string of the molecule is O=C([O-])CCCNC(=O)c1cncc(O)c1. The summed E-state index contributed by atoms with van der Waals surface area (Å²) in [7, 11) is 0. The molecule has 0 aliphatic heterocycles. The molecular weight excluding hydrogens is 212 g/mol. The fourth-order valence-corrected chi connectivity index (χ4v) is 1.09. The van der Waals surface area contributed by atoms with Gasteiger partial charge < -0.3 is 20.3 Å². The van der Waals surface area contributed by atoms with E-state index in [2.05, 4.69) is 10.3 Å². The van der Waals surface area contributed by atoms with Crippen LogP contribution in [-0.2, 0) is 4.79 Å². The van der Waals surface area contributed by atoms with Crippen molar-refractivity contribution < 1.29 is 19.8 Å². The van der Waals surface area contributed by atoms with E-state index in [1.54, 1.807) is 0 Å². The first kappa shape index (κ1) is 12.0. The van der Waals surface area contributed by atoms with Crippen LogP contribution in [0.3, 0.4) is 0 Å². The molecule has 2 N–H and O–H groups in total. The Kier molecular flexibility index (Phi) is 4.26. The van der Waals surface area contributed by atoms with Crippen molar-refractivity contribution in [3.63, 3.8) is 0 Å². The zero-order valence-corrected chi connectivity index (χ0v) is 8.47. The molecule has 0 fully saturated rings. The molecule has 86 valence electrons. The Labute approximate surface area is 91.9 Å². The number of aromatic nitrogens is 1. The largest absolute Gasteiger partial charge is 0.550 e. The summed E-state index contributed by atoms with van der Waals surface area (Å²) in [4.78, 5) is 25.2. The Balaban J connectivity index is 2.38. The lowest BCUT2D eigenvalue weighted by Gasteiger charge is -2.05. The minimum Gasteiger partial charge on any atom is -0.550 e. The summed E-state index contributed by atoms with van der Waals surface area (Å²) in [5.74, 6) is -1.64. The highest BCUT2D eigenvalue weighted by Crippen LogP contribution is 2.07. The number of nitrogens with zero attached hydrogens (tertiary/aromatic N) is 1. The first-order chi connectivity index (χ1) is 7.59. The molecule has 0 atom stereocenters. The van der Waals surface area contributed by atoms with Crippen molar-refractivity contribution in [3.05, 3.63) is 24.0 Å². The minimum absolute atomic E-state index is 0.0950. The molecule has 0 aliphatic rings. The van der Waals surface area contributed by atoms with E-state index in [0.29, 0.717) is 6.42 Å². The van der Waals surface area contributed by atoms with Gasteiger partial charge in [0, 0.05) is 18.7 Å². The predicted molar refractivity (Wildman–Crippen MR) is 52.5 cm³/mol. The van der Waals surface area contributed by atoms with Gasteiger partial charge in [0.15, 0.2) is 0 Å². The van der Waals surface area contributed by atoms with Crippen molar-refractivity contribution in [3.8, 4) is 5.75 Å². The predicted octanol–water partition coefficient (Wildman–Crippen LogP) is -0.953. The van der Waals surface area contributed by atoms with Crippen molar-refractivity contribution in [2.24, 2.45) is 0 Å². The number of pyridine rings is 1. The molecule has 1 rings (SSSR count). The van der Waals surface area contributed by atoms with Gasteiger partial charge in [0.2, 0.25) is 0 Å². The number of aromatic hydroxyl groups is 1. The highest BCUT2D eigenvalue weighted by Gasteiger charge is 2.05. The summed E-state index contributed by atoms with van der Waals surface area (Å²) < 4.78 is 0. The fraction of sp³-hybridized carbons (Fsp3) is 0.300. The van der Waals surface area contributed by atoms with Crippen molar-refractivity contribution in [1.29, 1.82) is 0 Å². The smallest absolute Gasteiger partial charge is 0.252 e. The molecule has 1 amide bonds. The standard InChI is InChI=1S/C10H12N2O4/c13-8-4-7(5-11-6-8)10(16)12-3-1-2-9(14)15/h4-6,13H,1-3H2,(H,12,16)(H,14,15)/p-1. The molecule has 0 spiro atoms. The molecule has 0 saturated heterocycles. The van der Waals surface area contributed by atoms with Crippen LogP contribution >= 0.6 is 0 Å². The van der Waals surface area contributed by atoms with Crippen LogP contribution in [-0.4, -0.2) is 28.5 Å². The lowest BCUT2D eigenvalue weighted by molar-refractivity contribution is -0.305. The number of carbonyl (C=O) groups is 2. The van der Waals surface area contributed by atoms with Crippen LogP contribution < -0.4 is 10.4 Å². The third-order valence-electron chi connectivity index (χ3n) is 1.83. The molecular formula is C10H11N2O4-. The summed E-state index contributed by atoms with van der Waals surface area (Å²) in [6.07, 6.45) is 2.74. The highest BCUT2D eigenvalue weighted by molar-refractivity contribution is 5.94. The molecule has 0 unspecified atom stereocenters. The van der Waals surface area contributed by atoms with E-state index in [-0.39, 0.29) is 24.3 Å². The Morgan fingerprint density at radius 3 is 2.81 bits per heavy atom. The van der Waals surface area contributed by atoms with Crippen molar-refractivity contribution in [2.75, 3.05) is 6.54 Å². The lowest BCUT2D eigenvalue weighted by Crippen LogP contribution is -2.27. The molecule has 0 radical (unpaired) electrons. The number of nitrogens with one attached hydrogen (secondary N) is 1. The maximum Gasteiger partial charge on any atom is 0.252 e. The zero-order chi connectivity index (χ0) is 12.0. The van der Waals surface area contributed by atoms with Gasteiger partial charge in [-0.05, 0) is 18.9 Å². The topological polar surface area (TPSA) is 102 Å². The van der Waals surface area contributed by atoms with E-state index in [9.17, 15) is 14.7 Å². The van der Waals surface area contributed by atoms with E-state index in [1.165, 1.54) is 18.5 Å². The van der Waals surface area contributed by atoms with E-state index in [0.717, 1.165) is 0 Å². The van der Waals surface area contributed by atoms with Gasteiger partial charge >= 0.3 is 0 Å². The summed E-state index contributed by atoms with van der Waals surface area (Å²) in [6.45, 7) is 0.239. The minimum atomic E-state index is -1.15. The number of carboxylic acids is 1. The van der Waals surface area contributed by atoms with Gasteiger partial charge in [0.25, 0.3) is 5.91 Å². The van der Waals surface area contributed by atoms with Gasteiger partial charge in [0.1, 0.15) is 5.75 Å². The van der Waals surface area contributed by atoms with Crippen LogP contribution in [0.25, 0.3) is 0 Å². The van der Waals surface area contributed by atoms with Crippen LogP contribution in [0.2, 0.25) is 0 Å². The second kappa shape index (κ2) is 5.69. The number of hydrogen-bond acceptors (Lipinski definition) is 5. The molecule has 0 saturated carbocycles. The van der Waals surface area contributed by atoms with Gasteiger partial charge in [-0.15, -0.1) is 0 Å². The number of aliphatic carboxylic acids is 1. The highest BCUT2D eigenvalue weighted by atomic mass is 16.4. The molecule has 16 heavy (non-hydrogen) atoms. The molecule has 1 aromatic rings. The van der Waals surface area contributed by atoms with Crippen LogP contribution in [0.5, 0.6) is 5.75 Å². The summed E-state index contributed by atoms with van der Waals surface area (Å²) in [6, 6.07) is 1.28. The lowest BCUT2D eigenvalue weighted by atomic mass is 10.2. The van der Waals surface area contributed by atoms with E-state index >= 15 is 0 Å². The first-order valence-electron chi connectivity index (χ1n) is 4.71. The van der Waals surface area contributed by atoms with E-state index in [4.69, 9.17) is 5.11 Å². The number of carbonyl (C=O) groups excluding carboxylic acids is 2. The summed E-state index contributed by atoms with van der Waals surface area (Å²) in [5, 5.41) is 21.7. The third kappa shape index (κ3) is 3.95. The number of rotatable bonds is 5. The summed E-state index contributed by atoms with van der Waals surface area (Å²) >= 11 is 0. The Hall–Kier alpha value is -2.11. The first-order valence-corrected chi connectivity index (χ1v) is 4.71. The van der Waals surface area contributed by atoms with Crippen molar-refractivity contribution in [1.82, 2.24) is 10.3 Å². The number of amides is 1. The molecule has 0 aromatic carbocycles. The molecule has 1 aromatic heterocycles. The second-order valence-electron chi connectivity index (χ2n) is 3.16. The normalized spacial score (nSPS) is 9.75. The second-order valence-corrected chi connectivity index (χ2v) is 3.16. The molecule has 6 nitrogen and oxygen atoms in total. The third-order valence-corrected chi connectivity index (χ3v) is 1.83. The van der Waals surface area contributed by atoms with Crippen LogP contribution in [0.4, 0.5) is 0 Å². The molecule has 6 heteroatoms. The molecule has 0 bridgehead atoms. The number of hydrogen-bond donors (Lipinski definition) is 2. The molecule has 1 heterocycles. The maximum atomic E-state index is 11.4. The Morgan fingerprint density at radius 1 is 1.44 bits per heavy atom. The van der Waals surface area contributed by atoms with E-state index in [1.807, 2.05) is 0 Å². The average Bonchev–Trinajstić information content (AvgIpc) is 2.24. The van der Waals surface area contributed by atoms with Crippen molar-refractivity contribution >= 4 is 11.9 Å².